The zero-order valence-corrected chi connectivity index (χ0v) is 9.53. The van der Waals surface area contributed by atoms with Crippen LogP contribution < -0.4 is 4.74 Å². The summed E-state index contributed by atoms with van der Waals surface area (Å²) in [5, 5.41) is 0. The van der Waals surface area contributed by atoms with E-state index in [1.165, 1.54) is 7.11 Å². The molecule has 0 amide bonds. The van der Waals surface area contributed by atoms with Crippen LogP contribution in [0.1, 0.15) is 19.4 Å². The van der Waals surface area contributed by atoms with E-state index in [9.17, 15) is 4.79 Å². The van der Waals surface area contributed by atoms with Crippen LogP contribution in [0, 0.1) is 0 Å². The van der Waals surface area contributed by atoms with E-state index in [0.29, 0.717) is 5.75 Å². The first-order chi connectivity index (χ1) is 7.04. The second kappa shape index (κ2) is 4.34. The monoisotopic (exact) mass is 208 g/mol. The number of ether oxygens (including phenoxy) is 2. The largest absolute Gasteiger partial charge is 0.496 e. The molecule has 0 bridgehead atoms. The first-order valence-electron chi connectivity index (χ1n) is 4.76. The molecule has 3 nitrogen and oxygen atoms in total. The van der Waals surface area contributed by atoms with Gasteiger partial charge in [-0.05, 0) is 19.9 Å². The number of para-hydroxylation sites is 1. The van der Waals surface area contributed by atoms with Crippen LogP contribution in [0.3, 0.4) is 0 Å². The number of benzene rings is 1. The Morgan fingerprint density at radius 2 is 1.80 bits per heavy atom. The summed E-state index contributed by atoms with van der Waals surface area (Å²) in [5.41, 5.74) is 0.140. The van der Waals surface area contributed by atoms with Crippen molar-refractivity contribution in [1.82, 2.24) is 0 Å². The topological polar surface area (TPSA) is 35.5 Å². The fourth-order valence-corrected chi connectivity index (χ4v) is 1.53. The van der Waals surface area contributed by atoms with E-state index < -0.39 is 5.41 Å². The average molecular weight is 208 g/mol. The Balaban J connectivity index is 3.19. The summed E-state index contributed by atoms with van der Waals surface area (Å²) in [7, 11) is 2.98. The normalized spacial score (nSPS) is 10.9. The second-order valence-corrected chi connectivity index (χ2v) is 3.82. The van der Waals surface area contributed by atoms with E-state index >= 15 is 0 Å². The number of carbonyl (C=O) groups is 1. The Hall–Kier alpha value is -1.51. The number of hydrogen-bond acceptors (Lipinski definition) is 3. The van der Waals surface area contributed by atoms with E-state index in [1.807, 2.05) is 38.1 Å². The van der Waals surface area contributed by atoms with Crippen molar-refractivity contribution in [1.29, 1.82) is 0 Å². The summed E-state index contributed by atoms with van der Waals surface area (Å²) in [6, 6.07) is 7.45. The number of carbonyl (C=O) groups excluding carboxylic acids is 1. The van der Waals surface area contributed by atoms with Crippen molar-refractivity contribution in [3.05, 3.63) is 29.8 Å². The minimum atomic E-state index is -0.693. The standard InChI is InChI=1S/C12H16O3/c1-12(2,11(13)15-4)9-7-5-6-8-10(9)14-3/h5-8H,1-4H3. The molecular formula is C12H16O3. The quantitative estimate of drug-likeness (QED) is 0.714. The number of methoxy groups -OCH3 is 2. The van der Waals surface area contributed by atoms with Crippen molar-refractivity contribution in [2.75, 3.05) is 14.2 Å². The van der Waals surface area contributed by atoms with E-state index in [4.69, 9.17) is 9.47 Å². The molecule has 0 aliphatic heterocycles. The Kier molecular flexibility index (Phi) is 3.35. The van der Waals surface area contributed by atoms with Gasteiger partial charge in [0.25, 0.3) is 0 Å². The van der Waals surface area contributed by atoms with Gasteiger partial charge in [-0.15, -0.1) is 0 Å². The second-order valence-electron chi connectivity index (χ2n) is 3.82. The molecule has 0 aromatic heterocycles. The van der Waals surface area contributed by atoms with E-state index in [0.717, 1.165) is 5.56 Å². The van der Waals surface area contributed by atoms with Crippen molar-refractivity contribution in [3.8, 4) is 5.75 Å². The molecule has 1 aromatic carbocycles. The number of hydrogen-bond donors (Lipinski definition) is 0. The average Bonchev–Trinajstić information content (AvgIpc) is 2.27. The number of esters is 1. The highest BCUT2D eigenvalue weighted by atomic mass is 16.5. The molecule has 1 rings (SSSR count). The van der Waals surface area contributed by atoms with Gasteiger partial charge in [0, 0.05) is 5.56 Å². The third-order valence-corrected chi connectivity index (χ3v) is 2.48. The maximum Gasteiger partial charge on any atom is 0.315 e. The highest BCUT2D eigenvalue weighted by molar-refractivity contribution is 5.83. The lowest BCUT2D eigenvalue weighted by atomic mass is 9.84. The fraction of sp³-hybridized carbons (Fsp3) is 0.417. The molecule has 0 aliphatic rings. The highest BCUT2D eigenvalue weighted by Gasteiger charge is 2.33. The van der Waals surface area contributed by atoms with Gasteiger partial charge in [-0.1, -0.05) is 18.2 Å². The Morgan fingerprint density at radius 3 is 2.33 bits per heavy atom. The van der Waals surface area contributed by atoms with Crippen LogP contribution in [-0.2, 0) is 14.9 Å². The Bertz CT molecular complexity index is 356. The molecule has 0 heterocycles. The lowest BCUT2D eigenvalue weighted by molar-refractivity contribution is -0.146. The summed E-state index contributed by atoms with van der Waals surface area (Å²) in [6.45, 7) is 3.63. The summed E-state index contributed by atoms with van der Waals surface area (Å²) in [6.07, 6.45) is 0. The van der Waals surface area contributed by atoms with Crippen molar-refractivity contribution < 1.29 is 14.3 Å². The Morgan fingerprint density at radius 1 is 1.20 bits per heavy atom. The lowest BCUT2D eigenvalue weighted by Crippen LogP contribution is -2.30. The van der Waals surface area contributed by atoms with Crippen LogP contribution in [0.4, 0.5) is 0 Å². The van der Waals surface area contributed by atoms with Gasteiger partial charge in [-0.25, -0.2) is 0 Å². The molecule has 1 aromatic rings. The smallest absolute Gasteiger partial charge is 0.315 e. The van der Waals surface area contributed by atoms with Gasteiger partial charge in [0.2, 0.25) is 0 Å². The van der Waals surface area contributed by atoms with Crippen molar-refractivity contribution in [2.45, 2.75) is 19.3 Å². The molecule has 0 saturated heterocycles. The van der Waals surface area contributed by atoms with Gasteiger partial charge in [0.15, 0.2) is 0 Å². The summed E-state index contributed by atoms with van der Waals surface area (Å²) >= 11 is 0. The molecule has 0 atom stereocenters. The number of rotatable bonds is 3. The first kappa shape index (κ1) is 11.6. The predicted molar refractivity (Wildman–Crippen MR) is 58.0 cm³/mol. The molecule has 0 N–H and O–H groups in total. The fourth-order valence-electron chi connectivity index (χ4n) is 1.53. The van der Waals surface area contributed by atoms with Crippen LogP contribution in [0.2, 0.25) is 0 Å². The van der Waals surface area contributed by atoms with Gasteiger partial charge >= 0.3 is 5.97 Å². The van der Waals surface area contributed by atoms with E-state index in [-0.39, 0.29) is 5.97 Å². The highest BCUT2D eigenvalue weighted by Crippen LogP contribution is 2.32. The van der Waals surface area contributed by atoms with Crippen molar-refractivity contribution in [3.63, 3.8) is 0 Å². The van der Waals surface area contributed by atoms with Gasteiger partial charge < -0.3 is 9.47 Å². The third kappa shape index (κ3) is 2.12. The van der Waals surface area contributed by atoms with Gasteiger partial charge in [-0.3, -0.25) is 4.79 Å². The molecular weight excluding hydrogens is 192 g/mol. The van der Waals surface area contributed by atoms with Gasteiger partial charge in [-0.2, -0.15) is 0 Å². The predicted octanol–water partition coefficient (Wildman–Crippen LogP) is 2.15. The van der Waals surface area contributed by atoms with Crippen LogP contribution in [0.25, 0.3) is 0 Å². The maximum absolute atomic E-state index is 11.6. The molecule has 0 unspecified atom stereocenters. The van der Waals surface area contributed by atoms with Gasteiger partial charge in [0.1, 0.15) is 5.75 Å². The molecule has 82 valence electrons. The van der Waals surface area contributed by atoms with Gasteiger partial charge in [0.05, 0.1) is 19.6 Å². The van der Waals surface area contributed by atoms with Crippen LogP contribution in [-0.4, -0.2) is 20.2 Å². The minimum absolute atomic E-state index is 0.271. The van der Waals surface area contributed by atoms with E-state index in [1.54, 1.807) is 7.11 Å². The van der Waals surface area contributed by atoms with E-state index in [2.05, 4.69) is 0 Å². The zero-order chi connectivity index (χ0) is 11.5. The molecule has 0 fully saturated rings. The summed E-state index contributed by atoms with van der Waals surface area (Å²) < 4.78 is 9.99. The Labute approximate surface area is 90.0 Å². The molecule has 0 aliphatic carbocycles. The molecule has 3 heteroatoms. The molecule has 0 saturated carbocycles. The third-order valence-electron chi connectivity index (χ3n) is 2.48. The first-order valence-corrected chi connectivity index (χ1v) is 4.76. The molecule has 15 heavy (non-hydrogen) atoms. The molecule has 0 spiro atoms. The van der Waals surface area contributed by atoms with Crippen LogP contribution in [0.5, 0.6) is 5.75 Å². The zero-order valence-electron chi connectivity index (χ0n) is 9.53. The van der Waals surface area contributed by atoms with Crippen molar-refractivity contribution >= 4 is 5.97 Å². The van der Waals surface area contributed by atoms with Crippen LogP contribution in [0.15, 0.2) is 24.3 Å². The molecule has 0 radical (unpaired) electrons. The summed E-state index contributed by atoms with van der Waals surface area (Å²) in [5.74, 6) is 0.430. The lowest BCUT2D eigenvalue weighted by Gasteiger charge is -2.23. The van der Waals surface area contributed by atoms with Crippen molar-refractivity contribution in [2.24, 2.45) is 0 Å². The minimum Gasteiger partial charge on any atom is -0.496 e. The summed E-state index contributed by atoms with van der Waals surface area (Å²) in [4.78, 5) is 11.6. The SMILES string of the molecule is COC(=O)C(C)(C)c1ccccc1OC. The van der Waals surface area contributed by atoms with Crippen LogP contribution >= 0.6 is 0 Å². The maximum atomic E-state index is 11.6.